The molecule has 0 bridgehead atoms. The molecule has 0 unspecified atom stereocenters. The lowest BCUT2D eigenvalue weighted by molar-refractivity contribution is -0.137. The van der Waals surface area contributed by atoms with Crippen LogP contribution in [0.1, 0.15) is 27.8 Å². The summed E-state index contributed by atoms with van der Waals surface area (Å²) in [6.45, 7) is 0. The van der Waals surface area contributed by atoms with Crippen molar-refractivity contribution in [3.05, 3.63) is 192 Å². The fourth-order valence-electron chi connectivity index (χ4n) is 8.60. The molecule has 0 radical (unpaired) electrons. The highest BCUT2D eigenvalue weighted by Crippen LogP contribution is 2.43. The van der Waals surface area contributed by atoms with Gasteiger partial charge in [-0.3, -0.25) is 0 Å². The van der Waals surface area contributed by atoms with Crippen LogP contribution in [-0.4, -0.2) is 9.13 Å². The van der Waals surface area contributed by atoms with E-state index >= 15 is 0 Å². The lowest BCUT2D eigenvalue weighted by Crippen LogP contribution is -2.07. The van der Waals surface area contributed by atoms with Gasteiger partial charge in [-0.2, -0.15) is 34.2 Å². The van der Waals surface area contributed by atoms with Crippen molar-refractivity contribution in [3.8, 4) is 69.0 Å². The van der Waals surface area contributed by atoms with E-state index in [2.05, 4.69) is 39.5 Å². The third-order valence-electron chi connectivity index (χ3n) is 11.5. The SMILES string of the molecule is N#Cc1ccc(-c2ccc3c(c2)c2ccccc2n3-c2cc(C#N)c(-c3ccc(C(F)(F)F)cc3C#N)cc2-n2c3ccccc3c3cc(-c4ccc(C#N)cc4)ccc32)cc1. The number of hydrogen-bond acceptors (Lipinski definition) is 4. The molecule has 8 aromatic carbocycles. The molecule has 2 heterocycles. The third kappa shape index (κ3) is 6.01. The zero-order valence-corrected chi connectivity index (χ0v) is 32.4. The number of fused-ring (bicyclic) bond motifs is 6. The topological polar surface area (TPSA) is 105 Å². The monoisotopic (exact) mass is 804 g/mol. The Hall–Kier alpha value is -8.89. The van der Waals surface area contributed by atoms with Crippen LogP contribution in [0.15, 0.2) is 164 Å². The summed E-state index contributed by atoms with van der Waals surface area (Å²) in [6.07, 6.45) is -4.67. The molecular weight excluding hydrogens is 778 g/mol. The number of nitrogens with zero attached hydrogens (tertiary/aromatic N) is 6. The standard InChI is InChI=1S/C53H27F3N6/c54-53(55,56)40-19-20-41(38(23-40)30-59)44-27-52(62-48-8-4-2-6-43(48)46-25-37(18-22-50(46)62)35-15-11-33(29-58)12-16-35)51(26-39(44)31-60)61-47-7-3-1-5-42(47)45-24-36(17-21-49(45)61)34-13-9-32(28-57)10-14-34/h1-27H. The number of hydrogen-bond donors (Lipinski definition) is 0. The number of benzene rings is 8. The molecule has 2 aromatic heterocycles. The largest absolute Gasteiger partial charge is 0.416 e. The maximum atomic E-state index is 13.9. The Morgan fingerprint density at radius 3 is 1.27 bits per heavy atom. The summed E-state index contributed by atoms with van der Waals surface area (Å²) < 4.78 is 46.0. The first-order chi connectivity index (χ1) is 30.2. The Kier molecular flexibility index (Phi) is 8.70. The molecule has 0 saturated heterocycles. The van der Waals surface area contributed by atoms with E-state index in [9.17, 15) is 34.2 Å². The van der Waals surface area contributed by atoms with Gasteiger partial charge in [0.05, 0.1) is 85.5 Å². The second-order valence-electron chi connectivity index (χ2n) is 14.9. The summed E-state index contributed by atoms with van der Waals surface area (Å²) in [5.74, 6) is 0. The lowest BCUT2D eigenvalue weighted by atomic mass is 9.93. The minimum absolute atomic E-state index is 0.170. The molecule has 9 heteroatoms. The molecule has 0 amide bonds. The second kappa shape index (κ2) is 14.4. The van der Waals surface area contributed by atoms with Crippen molar-refractivity contribution < 1.29 is 13.2 Å². The summed E-state index contributed by atoms with van der Waals surface area (Å²) in [7, 11) is 0. The van der Waals surface area contributed by atoms with Crippen molar-refractivity contribution in [3.63, 3.8) is 0 Å². The second-order valence-corrected chi connectivity index (χ2v) is 14.9. The smallest absolute Gasteiger partial charge is 0.307 e. The summed E-state index contributed by atoms with van der Waals surface area (Å²) in [5.41, 5.74) is 9.00. The molecule has 10 rings (SSSR count). The van der Waals surface area contributed by atoms with E-state index in [-0.39, 0.29) is 16.7 Å². The van der Waals surface area contributed by atoms with E-state index in [4.69, 9.17) is 0 Å². The number of halogens is 3. The molecule has 0 aliphatic rings. The highest BCUT2D eigenvalue weighted by Gasteiger charge is 2.32. The Balaban J connectivity index is 1.30. The van der Waals surface area contributed by atoms with Gasteiger partial charge in [0.1, 0.15) is 0 Å². The molecule has 0 saturated carbocycles. The first-order valence-electron chi connectivity index (χ1n) is 19.5. The first-order valence-corrected chi connectivity index (χ1v) is 19.5. The van der Waals surface area contributed by atoms with E-state index < -0.39 is 11.7 Å². The summed E-state index contributed by atoms with van der Waals surface area (Å²) in [4.78, 5) is 0. The average Bonchev–Trinajstić information content (AvgIpc) is 3.82. The normalized spacial score (nSPS) is 11.4. The van der Waals surface area contributed by atoms with E-state index in [1.807, 2.05) is 109 Å². The van der Waals surface area contributed by atoms with Gasteiger partial charge in [0.15, 0.2) is 0 Å². The molecule has 0 N–H and O–H groups in total. The predicted molar refractivity (Wildman–Crippen MR) is 235 cm³/mol. The van der Waals surface area contributed by atoms with Crippen molar-refractivity contribution in [1.29, 1.82) is 21.0 Å². The van der Waals surface area contributed by atoms with Crippen molar-refractivity contribution in [2.45, 2.75) is 6.18 Å². The van der Waals surface area contributed by atoms with Crippen LogP contribution in [0.2, 0.25) is 0 Å². The quantitative estimate of drug-likeness (QED) is 0.173. The zero-order chi connectivity index (χ0) is 42.7. The minimum atomic E-state index is -4.67. The van der Waals surface area contributed by atoms with Gasteiger partial charge in [0.25, 0.3) is 0 Å². The van der Waals surface area contributed by atoms with Crippen LogP contribution in [0.25, 0.3) is 88.4 Å². The highest BCUT2D eigenvalue weighted by molar-refractivity contribution is 6.13. The van der Waals surface area contributed by atoms with Gasteiger partial charge in [0, 0.05) is 32.7 Å². The van der Waals surface area contributed by atoms with Crippen LogP contribution in [-0.2, 0) is 6.18 Å². The van der Waals surface area contributed by atoms with Gasteiger partial charge in [0.2, 0.25) is 0 Å². The zero-order valence-electron chi connectivity index (χ0n) is 32.4. The van der Waals surface area contributed by atoms with Crippen LogP contribution in [0.3, 0.4) is 0 Å². The molecular formula is C53H27F3N6. The van der Waals surface area contributed by atoms with Crippen LogP contribution in [0.5, 0.6) is 0 Å². The Bertz CT molecular complexity index is 3660. The predicted octanol–water partition coefficient (Wildman–Crippen LogP) is 13.4. The highest BCUT2D eigenvalue weighted by atomic mass is 19.4. The van der Waals surface area contributed by atoms with Gasteiger partial charge >= 0.3 is 6.18 Å². The molecule has 62 heavy (non-hydrogen) atoms. The molecule has 0 aliphatic heterocycles. The number of rotatable bonds is 5. The third-order valence-corrected chi connectivity index (χ3v) is 11.5. The molecule has 0 aliphatic carbocycles. The van der Waals surface area contributed by atoms with Gasteiger partial charge in [-0.1, -0.05) is 78.9 Å². The number of alkyl halides is 3. The van der Waals surface area contributed by atoms with Crippen molar-refractivity contribution in [2.24, 2.45) is 0 Å². The fraction of sp³-hybridized carbons (Fsp3) is 0.0189. The average molecular weight is 805 g/mol. The summed E-state index contributed by atoms with van der Waals surface area (Å²) in [5, 5.41) is 43.7. The first kappa shape index (κ1) is 37.4. The maximum absolute atomic E-state index is 13.9. The van der Waals surface area contributed by atoms with Crippen LogP contribution in [0.4, 0.5) is 13.2 Å². The molecule has 0 spiro atoms. The molecule has 10 aromatic rings. The van der Waals surface area contributed by atoms with Gasteiger partial charge in [-0.15, -0.1) is 0 Å². The van der Waals surface area contributed by atoms with Crippen molar-refractivity contribution in [2.75, 3.05) is 0 Å². The lowest BCUT2D eigenvalue weighted by Gasteiger charge is -2.20. The van der Waals surface area contributed by atoms with Gasteiger partial charge in [-0.05, 0) is 107 Å². The Morgan fingerprint density at radius 2 is 0.806 bits per heavy atom. The van der Waals surface area contributed by atoms with E-state index in [0.29, 0.717) is 28.1 Å². The Labute approximate surface area is 352 Å². The molecule has 6 nitrogen and oxygen atoms in total. The Morgan fingerprint density at radius 1 is 0.371 bits per heavy atom. The number of aromatic nitrogens is 2. The fourth-order valence-corrected chi connectivity index (χ4v) is 8.60. The van der Waals surface area contributed by atoms with Gasteiger partial charge in [-0.25, -0.2) is 0 Å². The minimum Gasteiger partial charge on any atom is -0.307 e. The van der Waals surface area contributed by atoms with E-state index in [1.54, 1.807) is 30.3 Å². The number of para-hydroxylation sites is 2. The number of nitriles is 4. The van der Waals surface area contributed by atoms with E-state index in [0.717, 1.165) is 78.0 Å². The van der Waals surface area contributed by atoms with Crippen LogP contribution in [0, 0.1) is 45.3 Å². The van der Waals surface area contributed by atoms with Crippen LogP contribution >= 0.6 is 0 Å². The van der Waals surface area contributed by atoms with Crippen molar-refractivity contribution in [1.82, 2.24) is 9.13 Å². The molecule has 0 atom stereocenters. The van der Waals surface area contributed by atoms with Gasteiger partial charge < -0.3 is 9.13 Å². The summed E-state index contributed by atoms with van der Waals surface area (Å²) in [6, 6.07) is 58.2. The van der Waals surface area contributed by atoms with E-state index in [1.165, 1.54) is 6.07 Å². The molecule has 290 valence electrons. The van der Waals surface area contributed by atoms with Crippen molar-refractivity contribution >= 4 is 43.6 Å². The maximum Gasteiger partial charge on any atom is 0.416 e. The summed E-state index contributed by atoms with van der Waals surface area (Å²) >= 11 is 0. The molecule has 0 fully saturated rings. The van der Waals surface area contributed by atoms with Crippen LogP contribution < -0.4 is 0 Å².